The van der Waals surface area contributed by atoms with Gasteiger partial charge in [0.2, 0.25) is 0 Å². The van der Waals surface area contributed by atoms with Crippen molar-refractivity contribution in [1.29, 1.82) is 0 Å². The van der Waals surface area contributed by atoms with Gasteiger partial charge in [0, 0.05) is 17.2 Å². The second kappa shape index (κ2) is 5.17. The first-order chi connectivity index (χ1) is 9.79. The van der Waals surface area contributed by atoms with E-state index in [-0.39, 0.29) is 5.43 Å². The monoisotopic (exact) mass is 262 g/mol. The Balaban J connectivity index is 2.33. The van der Waals surface area contributed by atoms with Gasteiger partial charge in [-0.05, 0) is 13.0 Å². The molecule has 1 heterocycles. The smallest absolute Gasteiger partial charge is 0.193 e. The molecule has 2 aromatic carbocycles. The predicted molar refractivity (Wildman–Crippen MR) is 82.6 cm³/mol. The molecule has 2 nitrogen and oxygen atoms in total. The molecule has 0 N–H and O–H groups in total. The molecular weight excluding hydrogens is 248 g/mol. The highest BCUT2D eigenvalue weighted by Crippen LogP contribution is 2.24. The van der Waals surface area contributed by atoms with Crippen molar-refractivity contribution in [3.8, 4) is 11.3 Å². The van der Waals surface area contributed by atoms with Gasteiger partial charge in [-0.3, -0.25) is 4.79 Å². The van der Waals surface area contributed by atoms with Crippen molar-refractivity contribution >= 4 is 17.0 Å². The molecule has 3 aromatic rings. The lowest BCUT2D eigenvalue weighted by atomic mass is 10.1. The largest absolute Gasteiger partial charge is 0.455 e. The molecule has 0 atom stereocenters. The van der Waals surface area contributed by atoms with Crippen LogP contribution in [0.15, 0.2) is 69.9 Å². The predicted octanol–water partition coefficient (Wildman–Crippen LogP) is 4.49. The zero-order valence-corrected chi connectivity index (χ0v) is 11.2. The van der Waals surface area contributed by atoms with Crippen molar-refractivity contribution in [2.45, 2.75) is 6.92 Å². The summed E-state index contributed by atoms with van der Waals surface area (Å²) in [4.78, 5) is 12.2. The third-order valence-corrected chi connectivity index (χ3v) is 3.19. The molecule has 1 aromatic heterocycles. The van der Waals surface area contributed by atoms with Crippen LogP contribution >= 0.6 is 0 Å². The van der Waals surface area contributed by atoms with E-state index in [0.717, 1.165) is 11.1 Å². The Morgan fingerprint density at radius 2 is 1.80 bits per heavy atom. The molecule has 0 spiro atoms. The summed E-state index contributed by atoms with van der Waals surface area (Å²) in [6.45, 7) is 1.94. The Bertz CT molecular complexity index is 827. The minimum absolute atomic E-state index is 0.0172. The van der Waals surface area contributed by atoms with Gasteiger partial charge in [0.15, 0.2) is 5.43 Å². The average molecular weight is 262 g/mol. The minimum atomic E-state index is -0.0172. The summed E-state index contributed by atoms with van der Waals surface area (Å²) in [5.41, 5.74) is 2.44. The van der Waals surface area contributed by atoms with Crippen LogP contribution in [0.1, 0.15) is 12.5 Å². The van der Waals surface area contributed by atoms with E-state index in [1.807, 2.05) is 61.5 Å². The summed E-state index contributed by atoms with van der Waals surface area (Å²) >= 11 is 0. The van der Waals surface area contributed by atoms with Crippen LogP contribution in [0.2, 0.25) is 0 Å². The van der Waals surface area contributed by atoms with Crippen molar-refractivity contribution < 1.29 is 4.42 Å². The first kappa shape index (κ1) is 12.4. The van der Waals surface area contributed by atoms with Crippen LogP contribution in [0.25, 0.3) is 28.4 Å². The van der Waals surface area contributed by atoms with Crippen LogP contribution in [0.4, 0.5) is 0 Å². The fraction of sp³-hybridized carbons (Fsp3) is 0.0556. The molecule has 0 fully saturated rings. The SMILES string of the molecule is C/C=C/c1cccc2c(=O)cc(-c3ccccc3)oc12. The average Bonchev–Trinajstić information content (AvgIpc) is 2.49. The zero-order valence-electron chi connectivity index (χ0n) is 11.2. The van der Waals surface area contributed by atoms with Crippen LogP contribution in [-0.2, 0) is 0 Å². The number of para-hydroxylation sites is 1. The summed E-state index contributed by atoms with van der Waals surface area (Å²) in [7, 11) is 0. The zero-order chi connectivity index (χ0) is 13.9. The van der Waals surface area contributed by atoms with Gasteiger partial charge in [-0.25, -0.2) is 0 Å². The molecule has 0 aliphatic heterocycles. The van der Waals surface area contributed by atoms with Crippen molar-refractivity contribution in [3.63, 3.8) is 0 Å². The molecule has 3 rings (SSSR count). The molecular formula is C18H14O2. The second-order valence-corrected chi connectivity index (χ2v) is 4.56. The summed E-state index contributed by atoms with van der Waals surface area (Å²) < 4.78 is 5.96. The van der Waals surface area contributed by atoms with Gasteiger partial charge in [0.25, 0.3) is 0 Å². The summed E-state index contributed by atoms with van der Waals surface area (Å²) in [6, 6.07) is 16.8. The van der Waals surface area contributed by atoms with Crippen LogP contribution in [0.5, 0.6) is 0 Å². The Hall–Kier alpha value is -2.61. The first-order valence-corrected chi connectivity index (χ1v) is 6.54. The number of hydrogen-bond donors (Lipinski definition) is 0. The number of benzene rings is 2. The fourth-order valence-corrected chi connectivity index (χ4v) is 2.25. The third kappa shape index (κ3) is 2.16. The van der Waals surface area contributed by atoms with Crippen molar-refractivity contribution in [1.82, 2.24) is 0 Å². The van der Waals surface area contributed by atoms with E-state index in [2.05, 4.69) is 0 Å². The highest BCUT2D eigenvalue weighted by Gasteiger charge is 2.08. The van der Waals surface area contributed by atoms with Gasteiger partial charge in [-0.15, -0.1) is 0 Å². The molecule has 20 heavy (non-hydrogen) atoms. The topological polar surface area (TPSA) is 30.2 Å². The maximum absolute atomic E-state index is 12.2. The van der Waals surface area contributed by atoms with Crippen LogP contribution in [-0.4, -0.2) is 0 Å². The van der Waals surface area contributed by atoms with E-state index in [1.54, 1.807) is 12.1 Å². The van der Waals surface area contributed by atoms with E-state index in [9.17, 15) is 4.79 Å². The number of rotatable bonds is 2. The van der Waals surface area contributed by atoms with E-state index >= 15 is 0 Å². The fourth-order valence-electron chi connectivity index (χ4n) is 2.25. The second-order valence-electron chi connectivity index (χ2n) is 4.56. The van der Waals surface area contributed by atoms with E-state index in [0.29, 0.717) is 16.7 Å². The molecule has 0 amide bonds. The van der Waals surface area contributed by atoms with Crippen LogP contribution < -0.4 is 5.43 Å². The number of fused-ring (bicyclic) bond motifs is 1. The first-order valence-electron chi connectivity index (χ1n) is 6.54. The maximum atomic E-state index is 12.2. The molecule has 0 saturated heterocycles. The van der Waals surface area contributed by atoms with E-state index in [1.165, 1.54) is 0 Å². The summed E-state index contributed by atoms with van der Waals surface area (Å²) in [5, 5.41) is 0.611. The quantitative estimate of drug-likeness (QED) is 0.681. The number of hydrogen-bond acceptors (Lipinski definition) is 2. The molecule has 0 bridgehead atoms. The molecule has 2 heteroatoms. The minimum Gasteiger partial charge on any atom is -0.455 e. The number of allylic oxidation sites excluding steroid dienone is 1. The van der Waals surface area contributed by atoms with Crippen molar-refractivity contribution in [2.24, 2.45) is 0 Å². The van der Waals surface area contributed by atoms with Crippen LogP contribution in [0, 0.1) is 0 Å². The van der Waals surface area contributed by atoms with Gasteiger partial charge in [-0.1, -0.05) is 54.6 Å². The standard InChI is InChI=1S/C18H14O2/c1-2-7-14-10-6-11-15-16(19)12-17(20-18(14)15)13-8-4-3-5-9-13/h2-12H,1H3/b7-2+. The van der Waals surface area contributed by atoms with Crippen LogP contribution in [0.3, 0.4) is 0 Å². The molecule has 0 radical (unpaired) electrons. The molecule has 0 aliphatic rings. The summed E-state index contributed by atoms with van der Waals surface area (Å²) in [5.74, 6) is 0.597. The van der Waals surface area contributed by atoms with Crippen molar-refractivity contribution in [3.05, 3.63) is 76.5 Å². The Kier molecular flexibility index (Phi) is 3.21. The molecule has 0 aliphatic carbocycles. The Labute approximate surface area is 117 Å². The van der Waals surface area contributed by atoms with E-state index < -0.39 is 0 Å². The lowest BCUT2D eigenvalue weighted by Crippen LogP contribution is -2.01. The molecule has 0 saturated carbocycles. The molecule has 98 valence electrons. The van der Waals surface area contributed by atoms with Gasteiger partial charge < -0.3 is 4.42 Å². The van der Waals surface area contributed by atoms with Crippen molar-refractivity contribution in [2.75, 3.05) is 0 Å². The Morgan fingerprint density at radius 3 is 2.55 bits per heavy atom. The lowest BCUT2D eigenvalue weighted by Gasteiger charge is -2.05. The molecule has 0 unspecified atom stereocenters. The summed E-state index contributed by atoms with van der Waals surface area (Å²) in [6.07, 6.45) is 3.88. The normalized spacial score (nSPS) is 11.2. The highest BCUT2D eigenvalue weighted by atomic mass is 16.3. The van der Waals surface area contributed by atoms with Gasteiger partial charge >= 0.3 is 0 Å². The Morgan fingerprint density at radius 1 is 1.00 bits per heavy atom. The van der Waals surface area contributed by atoms with Gasteiger partial charge in [0.1, 0.15) is 11.3 Å². The lowest BCUT2D eigenvalue weighted by molar-refractivity contribution is 0.618. The third-order valence-electron chi connectivity index (χ3n) is 3.19. The maximum Gasteiger partial charge on any atom is 0.193 e. The van der Waals surface area contributed by atoms with Gasteiger partial charge in [0.05, 0.1) is 5.39 Å². The van der Waals surface area contributed by atoms with Gasteiger partial charge in [-0.2, -0.15) is 0 Å². The van der Waals surface area contributed by atoms with E-state index in [4.69, 9.17) is 4.42 Å². The highest BCUT2D eigenvalue weighted by molar-refractivity contribution is 5.86.